The predicted molar refractivity (Wildman–Crippen MR) is 88.6 cm³/mol. The molecule has 0 unspecified atom stereocenters. The highest BCUT2D eigenvalue weighted by atomic mass is 35.5. The molecule has 114 valence electrons. The van der Waals surface area contributed by atoms with Gasteiger partial charge < -0.3 is 10.2 Å². The Bertz CT molecular complexity index is 403. The van der Waals surface area contributed by atoms with Crippen LogP contribution in [0, 0.1) is 5.92 Å². The van der Waals surface area contributed by atoms with E-state index in [1.165, 1.54) is 0 Å². The lowest BCUT2D eigenvalue weighted by atomic mass is 10.1. The maximum absolute atomic E-state index is 6.24. The minimum absolute atomic E-state index is 0.528. The first-order valence-electron chi connectivity index (χ1n) is 7.57. The monoisotopic (exact) mass is 297 g/mol. The SMILES string of the molecule is CCC(CC)N(C)c1cc(CNCC(C)C)c(Cl)cn1. The van der Waals surface area contributed by atoms with Gasteiger partial charge in [-0.2, -0.15) is 0 Å². The molecule has 3 nitrogen and oxygen atoms in total. The molecule has 0 saturated heterocycles. The lowest BCUT2D eigenvalue weighted by Gasteiger charge is -2.27. The molecule has 0 atom stereocenters. The third-order valence-electron chi connectivity index (χ3n) is 3.64. The molecule has 0 amide bonds. The van der Waals surface area contributed by atoms with Crippen molar-refractivity contribution in [1.82, 2.24) is 10.3 Å². The molecule has 0 aliphatic heterocycles. The second-order valence-corrected chi connectivity index (χ2v) is 6.15. The van der Waals surface area contributed by atoms with Crippen molar-refractivity contribution >= 4 is 17.4 Å². The molecule has 0 aromatic carbocycles. The summed E-state index contributed by atoms with van der Waals surface area (Å²) in [5, 5.41) is 4.17. The zero-order valence-corrected chi connectivity index (χ0v) is 14.2. The Labute approximate surface area is 128 Å². The standard InChI is InChI=1S/C16H28ClN3/c1-6-14(7-2)20(5)16-8-13(15(17)11-19-16)10-18-9-12(3)4/h8,11-12,14,18H,6-7,9-10H2,1-5H3. The third kappa shape index (κ3) is 4.95. The summed E-state index contributed by atoms with van der Waals surface area (Å²) in [5.41, 5.74) is 1.12. The summed E-state index contributed by atoms with van der Waals surface area (Å²) in [6.45, 7) is 10.6. The number of anilines is 1. The highest BCUT2D eigenvalue weighted by Gasteiger charge is 2.13. The van der Waals surface area contributed by atoms with Crippen LogP contribution in [-0.4, -0.2) is 24.6 Å². The van der Waals surface area contributed by atoms with Gasteiger partial charge in [-0.25, -0.2) is 4.98 Å². The van der Waals surface area contributed by atoms with Gasteiger partial charge in [0.05, 0.1) is 5.02 Å². The van der Waals surface area contributed by atoms with E-state index in [4.69, 9.17) is 11.6 Å². The van der Waals surface area contributed by atoms with Crippen molar-refractivity contribution in [2.75, 3.05) is 18.5 Å². The second-order valence-electron chi connectivity index (χ2n) is 5.74. The first kappa shape index (κ1) is 17.3. The highest BCUT2D eigenvalue weighted by molar-refractivity contribution is 6.31. The van der Waals surface area contributed by atoms with Crippen LogP contribution in [0.5, 0.6) is 0 Å². The summed E-state index contributed by atoms with van der Waals surface area (Å²) in [4.78, 5) is 6.72. The molecule has 1 N–H and O–H groups in total. The van der Waals surface area contributed by atoms with Crippen molar-refractivity contribution in [2.45, 2.75) is 53.1 Å². The van der Waals surface area contributed by atoms with Crippen LogP contribution in [0.15, 0.2) is 12.3 Å². The lowest BCUT2D eigenvalue weighted by Crippen LogP contribution is -2.31. The van der Waals surface area contributed by atoms with E-state index in [9.17, 15) is 0 Å². The Morgan fingerprint density at radius 3 is 2.50 bits per heavy atom. The van der Waals surface area contributed by atoms with Crippen LogP contribution in [0.1, 0.15) is 46.1 Å². The zero-order chi connectivity index (χ0) is 15.1. The molecule has 0 spiro atoms. The smallest absolute Gasteiger partial charge is 0.128 e. The molecule has 0 fully saturated rings. The molecular weight excluding hydrogens is 270 g/mol. The van der Waals surface area contributed by atoms with E-state index in [1.807, 2.05) is 0 Å². The number of rotatable bonds is 8. The van der Waals surface area contributed by atoms with E-state index in [-0.39, 0.29) is 0 Å². The Balaban J connectivity index is 2.79. The topological polar surface area (TPSA) is 28.2 Å². The molecule has 1 heterocycles. The van der Waals surface area contributed by atoms with Gasteiger partial charge in [0.25, 0.3) is 0 Å². The largest absolute Gasteiger partial charge is 0.357 e. The maximum atomic E-state index is 6.24. The van der Waals surface area contributed by atoms with Gasteiger partial charge in [0.2, 0.25) is 0 Å². The first-order chi connectivity index (χ1) is 9.49. The number of hydrogen-bond donors (Lipinski definition) is 1. The lowest BCUT2D eigenvalue weighted by molar-refractivity contribution is 0.551. The van der Waals surface area contributed by atoms with Crippen molar-refractivity contribution < 1.29 is 0 Å². The van der Waals surface area contributed by atoms with Crippen LogP contribution in [-0.2, 0) is 6.54 Å². The Kier molecular flexibility index (Phi) is 7.31. The van der Waals surface area contributed by atoms with E-state index in [1.54, 1.807) is 6.20 Å². The summed E-state index contributed by atoms with van der Waals surface area (Å²) >= 11 is 6.24. The number of halogens is 1. The second kappa shape index (κ2) is 8.48. The number of pyridine rings is 1. The van der Waals surface area contributed by atoms with Crippen LogP contribution < -0.4 is 10.2 Å². The molecule has 1 rings (SSSR count). The molecule has 1 aromatic rings. The quantitative estimate of drug-likeness (QED) is 0.783. The summed E-state index contributed by atoms with van der Waals surface area (Å²) < 4.78 is 0. The van der Waals surface area contributed by atoms with Gasteiger partial charge in [0, 0.05) is 25.8 Å². The fraction of sp³-hybridized carbons (Fsp3) is 0.688. The van der Waals surface area contributed by atoms with Gasteiger partial charge >= 0.3 is 0 Å². The summed E-state index contributed by atoms with van der Waals surface area (Å²) in [6.07, 6.45) is 4.01. The van der Waals surface area contributed by atoms with E-state index in [0.717, 1.165) is 42.3 Å². The summed E-state index contributed by atoms with van der Waals surface area (Å²) in [7, 11) is 2.11. The molecule has 0 saturated carbocycles. The third-order valence-corrected chi connectivity index (χ3v) is 3.98. The maximum Gasteiger partial charge on any atom is 0.128 e. The Morgan fingerprint density at radius 1 is 1.30 bits per heavy atom. The van der Waals surface area contributed by atoms with Gasteiger partial charge in [0.15, 0.2) is 0 Å². The fourth-order valence-electron chi connectivity index (χ4n) is 2.32. The van der Waals surface area contributed by atoms with Gasteiger partial charge in [-0.1, -0.05) is 39.3 Å². The van der Waals surface area contributed by atoms with Crippen LogP contribution in [0.4, 0.5) is 5.82 Å². The average molecular weight is 298 g/mol. The summed E-state index contributed by atoms with van der Waals surface area (Å²) in [6, 6.07) is 2.63. The van der Waals surface area contributed by atoms with Crippen LogP contribution >= 0.6 is 11.6 Å². The Hall–Kier alpha value is -0.800. The number of nitrogens with zero attached hydrogens (tertiary/aromatic N) is 2. The number of hydrogen-bond acceptors (Lipinski definition) is 3. The zero-order valence-electron chi connectivity index (χ0n) is 13.4. The van der Waals surface area contributed by atoms with Crippen LogP contribution in [0.25, 0.3) is 0 Å². The summed E-state index contributed by atoms with van der Waals surface area (Å²) in [5.74, 6) is 1.65. The Morgan fingerprint density at radius 2 is 1.95 bits per heavy atom. The molecule has 1 aromatic heterocycles. The van der Waals surface area contributed by atoms with E-state index >= 15 is 0 Å². The van der Waals surface area contributed by atoms with Gasteiger partial charge in [-0.15, -0.1) is 0 Å². The normalized spacial score (nSPS) is 11.4. The number of nitrogens with one attached hydrogen (secondary N) is 1. The van der Waals surface area contributed by atoms with Crippen molar-refractivity contribution in [2.24, 2.45) is 5.92 Å². The van der Waals surface area contributed by atoms with E-state index < -0.39 is 0 Å². The highest BCUT2D eigenvalue weighted by Crippen LogP contribution is 2.22. The molecule has 0 aliphatic rings. The van der Waals surface area contributed by atoms with Crippen molar-refractivity contribution in [3.05, 3.63) is 22.8 Å². The minimum atomic E-state index is 0.528. The average Bonchev–Trinajstić information content (AvgIpc) is 2.41. The van der Waals surface area contributed by atoms with Crippen molar-refractivity contribution in [3.63, 3.8) is 0 Å². The van der Waals surface area contributed by atoms with Crippen LogP contribution in [0.3, 0.4) is 0 Å². The predicted octanol–water partition coefficient (Wildman–Crippen LogP) is 4.11. The molecule has 0 aliphatic carbocycles. The molecule has 0 radical (unpaired) electrons. The molecule has 4 heteroatoms. The van der Waals surface area contributed by atoms with E-state index in [2.05, 4.69) is 56.0 Å². The van der Waals surface area contributed by atoms with Gasteiger partial charge in [-0.3, -0.25) is 0 Å². The van der Waals surface area contributed by atoms with Gasteiger partial charge in [-0.05, 0) is 36.9 Å². The van der Waals surface area contributed by atoms with Crippen molar-refractivity contribution in [3.8, 4) is 0 Å². The molecule has 0 bridgehead atoms. The van der Waals surface area contributed by atoms with Crippen LogP contribution in [0.2, 0.25) is 5.02 Å². The first-order valence-corrected chi connectivity index (χ1v) is 7.95. The molecule has 20 heavy (non-hydrogen) atoms. The van der Waals surface area contributed by atoms with Crippen molar-refractivity contribution in [1.29, 1.82) is 0 Å². The van der Waals surface area contributed by atoms with E-state index in [0.29, 0.717) is 12.0 Å². The fourth-order valence-corrected chi connectivity index (χ4v) is 2.49. The number of aromatic nitrogens is 1. The van der Waals surface area contributed by atoms with Gasteiger partial charge in [0.1, 0.15) is 5.82 Å². The minimum Gasteiger partial charge on any atom is -0.357 e. The molecular formula is C16H28ClN3.